The zero-order valence-corrected chi connectivity index (χ0v) is 21.7. The van der Waals surface area contributed by atoms with Crippen molar-refractivity contribution in [3.05, 3.63) is 23.9 Å². The lowest BCUT2D eigenvalue weighted by molar-refractivity contribution is 0.0258. The highest BCUT2D eigenvalue weighted by atomic mass is 127. The van der Waals surface area contributed by atoms with Gasteiger partial charge in [-0.1, -0.05) is 13.8 Å². The van der Waals surface area contributed by atoms with Crippen molar-refractivity contribution in [1.29, 1.82) is 0 Å². The van der Waals surface area contributed by atoms with E-state index in [0.29, 0.717) is 12.5 Å². The van der Waals surface area contributed by atoms with Crippen LogP contribution in [0.2, 0.25) is 0 Å². The van der Waals surface area contributed by atoms with Crippen LogP contribution < -0.4 is 15.5 Å². The van der Waals surface area contributed by atoms with Gasteiger partial charge in [-0.3, -0.25) is 0 Å². The van der Waals surface area contributed by atoms with E-state index >= 15 is 0 Å². The second-order valence-electron chi connectivity index (χ2n) is 7.96. The fourth-order valence-corrected chi connectivity index (χ4v) is 3.44. The number of ether oxygens (including phenoxy) is 1. The van der Waals surface area contributed by atoms with Crippen LogP contribution in [0.25, 0.3) is 0 Å². The van der Waals surface area contributed by atoms with Crippen LogP contribution in [0.5, 0.6) is 0 Å². The maximum atomic E-state index is 5.84. The predicted octanol–water partition coefficient (Wildman–Crippen LogP) is 2.96. The van der Waals surface area contributed by atoms with Crippen LogP contribution in [0, 0.1) is 5.92 Å². The Morgan fingerprint density at radius 2 is 1.93 bits per heavy atom. The molecule has 2 N–H and O–H groups in total. The summed E-state index contributed by atoms with van der Waals surface area (Å²) in [7, 11) is 2.17. The first-order chi connectivity index (χ1) is 14.0. The van der Waals surface area contributed by atoms with Gasteiger partial charge in [0.25, 0.3) is 0 Å². The van der Waals surface area contributed by atoms with Crippen molar-refractivity contribution < 1.29 is 4.74 Å². The molecule has 0 aliphatic carbocycles. The standard InChI is InChI=1S/C22H40N6O.HI/c1-6-23-22(25-11-9-20(18(3)4)29-7-2)26-17-19-8-10-24-21(16-19)28-14-12-27(5)13-15-28;/h8,10,16,18,20H,6-7,9,11-15,17H2,1-5H3,(H2,23,25,26);1H. The quantitative estimate of drug-likeness (QED) is 0.275. The van der Waals surface area contributed by atoms with E-state index in [1.165, 1.54) is 5.56 Å². The average Bonchev–Trinajstić information content (AvgIpc) is 2.72. The van der Waals surface area contributed by atoms with Crippen molar-refractivity contribution in [3.8, 4) is 0 Å². The third-order valence-electron chi connectivity index (χ3n) is 5.25. The van der Waals surface area contributed by atoms with E-state index in [2.05, 4.69) is 72.3 Å². The predicted molar refractivity (Wildman–Crippen MR) is 137 cm³/mol. The Hall–Kier alpha value is -1.13. The minimum atomic E-state index is 0. The summed E-state index contributed by atoms with van der Waals surface area (Å²) in [5, 5.41) is 6.78. The van der Waals surface area contributed by atoms with Gasteiger partial charge in [0.2, 0.25) is 0 Å². The molecule has 1 aromatic heterocycles. The number of rotatable bonds is 10. The van der Waals surface area contributed by atoms with Gasteiger partial charge in [-0.05, 0) is 50.9 Å². The van der Waals surface area contributed by atoms with Crippen LogP contribution in [0.1, 0.15) is 39.7 Å². The summed E-state index contributed by atoms with van der Waals surface area (Å²) in [6.45, 7) is 15.9. The zero-order valence-electron chi connectivity index (χ0n) is 19.4. The molecule has 1 saturated heterocycles. The molecule has 2 heterocycles. The van der Waals surface area contributed by atoms with Crippen LogP contribution >= 0.6 is 24.0 Å². The summed E-state index contributed by atoms with van der Waals surface area (Å²) in [5.74, 6) is 2.42. The van der Waals surface area contributed by atoms with E-state index in [-0.39, 0.29) is 30.1 Å². The van der Waals surface area contributed by atoms with Gasteiger partial charge in [0, 0.05) is 52.1 Å². The van der Waals surface area contributed by atoms with Gasteiger partial charge in [0.15, 0.2) is 5.96 Å². The normalized spacial score (nSPS) is 16.3. The number of pyridine rings is 1. The highest BCUT2D eigenvalue weighted by Gasteiger charge is 2.15. The fraction of sp³-hybridized carbons (Fsp3) is 0.727. The maximum Gasteiger partial charge on any atom is 0.191 e. The molecule has 0 spiro atoms. The summed E-state index contributed by atoms with van der Waals surface area (Å²) < 4.78 is 5.84. The van der Waals surface area contributed by atoms with E-state index in [1.54, 1.807) is 0 Å². The third-order valence-corrected chi connectivity index (χ3v) is 5.25. The lowest BCUT2D eigenvalue weighted by Gasteiger charge is -2.33. The van der Waals surface area contributed by atoms with Crippen LogP contribution in [-0.4, -0.2) is 74.9 Å². The lowest BCUT2D eigenvalue weighted by Crippen LogP contribution is -2.44. The molecule has 0 aromatic carbocycles. The van der Waals surface area contributed by atoms with Crippen LogP contribution in [0.3, 0.4) is 0 Å². The summed E-state index contributed by atoms with van der Waals surface area (Å²) in [4.78, 5) is 14.1. The first-order valence-electron chi connectivity index (χ1n) is 11.1. The van der Waals surface area contributed by atoms with Gasteiger partial charge in [0.05, 0.1) is 12.6 Å². The first-order valence-corrected chi connectivity index (χ1v) is 11.1. The lowest BCUT2D eigenvalue weighted by atomic mass is 10.0. The van der Waals surface area contributed by atoms with Crippen LogP contribution in [0.4, 0.5) is 5.82 Å². The number of aromatic nitrogens is 1. The summed E-state index contributed by atoms with van der Waals surface area (Å²) in [6, 6.07) is 4.22. The largest absolute Gasteiger partial charge is 0.378 e. The first kappa shape index (κ1) is 26.9. The molecule has 1 atom stereocenters. The Morgan fingerprint density at radius 1 is 1.20 bits per heavy atom. The Kier molecular flexibility index (Phi) is 13.3. The minimum absolute atomic E-state index is 0. The molecular weight excluding hydrogens is 491 g/mol. The molecular formula is C22H41IN6O. The monoisotopic (exact) mass is 532 g/mol. The van der Waals surface area contributed by atoms with Crippen LogP contribution in [-0.2, 0) is 11.3 Å². The van der Waals surface area contributed by atoms with Gasteiger partial charge in [0.1, 0.15) is 5.82 Å². The molecule has 1 aliphatic rings. The summed E-state index contributed by atoms with van der Waals surface area (Å²) in [6.07, 6.45) is 3.15. The number of hydrogen-bond donors (Lipinski definition) is 2. The van der Waals surface area contributed by atoms with E-state index in [1.807, 2.05) is 6.20 Å². The number of nitrogens with zero attached hydrogens (tertiary/aromatic N) is 4. The van der Waals surface area contributed by atoms with Gasteiger partial charge >= 0.3 is 0 Å². The molecule has 7 nitrogen and oxygen atoms in total. The van der Waals surface area contributed by atoms with Crippen molar-refractivity contribution in [2.24, 2.45) is 10.9 Å². The number of nitrogens with one attached hydrogen (secondary N) is 2. The fourth-order valence-electron chi connectivity index (χ4n) is 3.44. The maximum absolute atomic E-state index is 5.84. The van der Waals surface area contributed by atoms with Gasteiger partial charge in [-0.2, -0.15) is 0 Å². The van der Waals surface area contributed by atoms with Gasteiger partial charge in [-0.15, -0.1) is 24.0 Å². The smallest absolute Gasteiger partial charge is 0.191 e. The van der Waals surface area contributed by atoms with E-state index < -0.39 is 0 Å². The topological polar surface area (TPSA) is 65.0 Å². The molecule has 172 valence electrons. The van der Waals surface area contributed by atoms with Crippen molar-refractivity contribution in [2.75, 3.05) is 57.8 Å². The number of likely N-dealkylation sites (N-methyl/N-ethyl adjacent to an activating group) is 1. The Bertz CT molecular complexity index is 619. The zero-order chi connectivity index (χ0) is 21.1. The number of piperazine rings is 1. The molecule has 30 heavy (non-hydrogen) atoms. The number of anilines is 1. The number of halogens is 1. The average molecular weight is 533 g/mol. The van der Waals surface area contributed by atoms with Crippen molar-refractivity contribution in [2.45, 2.75) is 46.8 Å². The minimum Gasteiger partial charge on any atom is -0.378 e. The Balaban J connectivity index is 0.00000450. The SMILES string of the molecule is CCNC(=NCc1ccnc(N2CCN(C)CC2)c1)NCCC(OCC)C(C)C.I. The van der Waals surface area contributed by atoms with E-state index in [9.17, 15) is 0 Å². The Morgan fingerprint density at radius 3 is 2.57 bits per heavy atom. The molecule has 1 fully saturated rings. The molecule has 1 unspecified atom stereocenters. The summed E-state index contributed by atoms with van der Waals surface area (Å²) >= 11 is 0. The van der Waals surface area contributed by atoms with Gasteiger partial charge in [-0.25, -0.2) is 9.98 Å². The van der Waals surface area contributed by atoms with E-state index in [4.69, 9.17) is 9.73 Å². The highest BCUT2D eigenvalue weighted by Crippen LogP contribution is 2.15. The van der Waals surface area contributed by atoms with Crippen molar-refractivity contribution >= 4 is 35.8 Å². The molecule has 0 radical (unpaired) electrons. The van der Waals surface area contributed by atoms with Gasteiger partial charge < -0.3 is 25.2 Å². The molecule has 1 aliphatic heterocycles. The van der Waals surface area contributed by atoms with Crippen molar-refractivity contribution in [1.82, 2.24) is 20.5 Å². The van der Waals surface area contributed by atoms with E-state index in [0.717, 1.165) is 64.1 Å². The van der Waals surface area contributed by atoms with Crippen molar-refractivity contribution in [3.63, 3.8) is 0 Å². The second kappa shape index (κ2) is 14.8. The summed E-state index contributed by atoms with van der Waals surface area (Å²) in [5.41, 5.74) is 1.18. The molecule has 0 amide bonds. The van der Waals surface area contributed by atoms with Crippen LogP contribution in [0.15, 0.2) is 23.3 Å². The molecule has 0 bridgehead atoms. The molecule has 2 rings (SSSR count). The molecule has 1 aromatic rings. The third kappa shape index (κ3) is 9.34. The Labute approximate surface area is 200 Å². The molecule has 8 heteroatoms. The second-order valence-corrected chi connectivity index (χ2v) is 7.96. The highest BCUT2D eigenvalue weighted by molar-refractivity contribution is 14.0. The number of aliphatic imine (C=N–C) groups is 1. The number of guanidine groups is 1. The number of hydrogen-bond acceptors (Lipinski definition) is 5. The molecule has 0 saturated carbocycles.